The molecule has 96 valence electrons. The number of thiophene rings is 1. The number of ketones is 1. The third kappa shape index (κ3) is 2.54. The van der Waals surface area contributed by atoms with Crippen LogP contribution in [0.1, 0.15) is 39.2 Å². The average molecular weight is 268 g/mol. The van der Waals surface area contributed by atoms with Crippen LogP contribution in [0.5, 0.6) is 0 Å². The van der Waals surface area contributed by atoms with Crippen molar-refractivity contribution in [1.29, 1.82) is 0 Å². The molecular weight excluding hydrogens is 252 g/mol. The minimum Gasteiger partial charge on any atom is -0.289 e. The van der Waals surface area contributed by atoms with Crippen LogP contribution in [0.25, 0.3) is 6.08 Å². The summed E-state index contributed by atoms with van der Waals surface area (Å²) in [5.74, 6) is 0.213. The molecule has 19 heavy (non-hydrogen) atoms. The second-order valence-electron chi connectivity index (χ2n) is 5.03. The highest BCUT2D eigenvalue weighted by atomic mass is 32.1. The molecule has 0 fully saturated rings. The van der Waals surface area contributed by atoms with Gasteiger partial charge in [-0.1, -0.05) is 23.8 Å². The lowest BCUT2D eigenvalue weighted by atomic mass is 9.98. The average Bonchev–Trinajstić information content (AvgIpc) is 2.86. The summed E-state index contributed by atoms with van der Waals surface area (Å²) >= 11 is 1.68. The van der Waals surface area contributed by atoms with E-state index in [-0.39, 0.29) is 5.78 Å². The smallest absolute Gasteiger partial charge is 0.189 e. The molecular formula is C17H16OS. The molecule has 0 spiro atoms. The van der Waals surface area contributed by atoms with Crippen molar-refractivity contribution in [2.24, 2.45) is 0 Å². The molecule has 0 aliphatic heterocycles. The SMILES string of the molecule is Cc1ccc2c(c1)C(=O)/C(=C/c1cccs1)CCC2. The number of Topliss-reactive ketones (excluding diaryl/α,β-unsaturated/α-hetero) is 1. The van der Waals surface area contributed by atoms with Gasteiger partial charge in [-0.05, 0) is 55.3 Å². The monoisotopic (exact) mass is 268 g/mol. The van der Waals surface area contributed by atoms with Crippen LogP contribution in [-0.2, 0) is 6.42 Å². The number of hydrogen-bond acceptors (Lipinski definition) is 2. The van der Waals surface area contributed by atoms with Gasteiger partial charge in [0.2, 0.25) is 0 Å². The molecule has 0 unspecified atom stereocenters. The first-order valence-electron chi connectivity index (χ1n) is 6.62. The first kappa shape index (κ1) is 12.4. The van der Waals surface area contributed by atoms with Crippen molar-refractivity contribution >= 4 is 23.2 Å². The molecule has 1 aliphatic carbocycles. The van der Waals surface area contributed by atoms with Crippen molar-refractivity contribution in [2.45, 2.75) is 26.2 Å². The van der Waals surface area contributed by atoms with Gasteiger partial charge in [0.1, 0.15) is 0 Å². The second kappa shape index (κ2) is 5.14. The van der Waals surface area contributed by atoms with Crippen LogP contribution in [0.3, 0.4) is 0 Å². The Hall–Kier alpha value is -1.67. The highest BCUT2D eigenvalue weighted by Gasteiger charge is 2.19. The summed E-state index contributed by atoms with van der Waals surface area (Å²) in [4.78, 5) is 13.8. The number of fused-ring (bicyclic) bond motifs is 1. The quantitative estimate of drug-likeness (QED) is 0.543. The lowest BCUT2D eigenvalue weighted by Gasteiger charge is -2.06. The Morgan fingerprint density at radius 3 is 2.89 bits per heavy atom. The topological polar surface area (TPSA) is 17.1 Å². The van der Waals surface area contributed by atoms with Gasteiger partial charge >= 0.3 is 0 Å². The van der Waals surface area contributed by atoms with Crippen molar-refractivity contribution in [1.82, 2.24) is 0 Å². The van der Waals surface area contributed by atoms with Gasteiger partial charge in [0.05, 0.1) is 0 Å². The van der Waals surface area contributed by atoms with Crippen molar-refractivity contribution in [3.63, 3.8) is 0 Å². The molecule has 1 heterocycles. The number of carbonyl (C=O) groups excluding carboxylic acids is 1. The van der Waals surface area contributed by atoms with Gasteiger partial charge < -0.3 is 0 Å². The van der Waals surface area contributed by atoms with Gasteiger partial charge in [-0.2, -0.15) is 0 Å². The van der Waals surface area contributed by atoms with E-state index in [0.717, 1.165) is 36.0 Å². The third-order valence-corrected chi connectivity index (χ3v) is 4.37. The van der Waals surface area contributed by atoms with E-state index in [0.29, 0.717) is 0 Å². The van der Waals surface area contributed by atoms with E-state index in [9.17, 15) is 4.79 Å². The minimum absolute atomic E-state index is 0.213. The maximum Gasteiger partial charge on any atom is 0.189 e. The minimum atomic E-state index is 0.213. The summed E-state index contributed by atoms with van der Waals surface area (Å²) in [6.45, 7) is 2.04. The Kier molecular flexibility index (Phi) is 3.34. The summed E-state index contributed by atoms with van der Waals surface area (Å²) in [7, 11) is 0. The summed E-state index contributed by atoms with van der Waals surface area (Å²) in [5, 5.41) is 2.05. The van der Waals surface area contributed by atoms with Gasteiger partial charge in [-0.3, -0.25) is 4.79 Å². The normalized spacial score (nSPS) is 17.3. The summed E-state index contributed by atoms with van der Waals surface area (Å²) in [6.07, 6.45) is 5.00. The Bertz CT molecular complexity index is 635. The van der Waals surface area contributed by atoms with E-state index in [1.54, 1.807) is 11.3 Å². The van der Waals surface area contributed by atoms with E-state index >= 15 is 0 Å². The summed E-state index contributed by atoms with van der Waals surface area (Å²) in [5.41, 5.74) is 4.21. The lowest BCUT2D eigenvalue weighted by Crippen LogP contribution is -2.03. The van der Waals surface area contributed by atoms with Gasteiger partial charge in [0.25, 0.3) is 0 Å². The standard InChI is InChI=1S/C17H16OS/c1-12-7-8-13-4-2-5-14(17(18)16(13)10-12)11-15-6-3-9-19-15/h3,6-11H,2,4-5H2,1H3/b14-11+. The molecule has 2 heteroatoms. The number of aryl methyl sites for hydroxylation is 2. The molecule has 0 atom stereocenters. The Labute approximate surface area is 117 Å². The summed E-state index contributed by atoms with van der Waals surface area (Å²) in [6, 6.07) is 10.3. The lowest BCUT2D eigenvalue weighted by molar-refractivity contribution is 0.103. The zero-order chi connectivity index (χ0) is 13.2. The molecule has 0 saturated heterocycles. The predicted octanol–water partition coefficient (Wildman–Crippen LogP) is 4.66. The van der Waals surface area contributed by atoms with Crippen LogP contribution in [0, 0.1) is 6.92 Å². The maximum atomic E-state index is 12.7. The second-order valence-corrected chi connectivity index (χ2v) is 6.01. The fraction of sp³-hybridized carbons (Fsp3) is 0.235. The number of rotatable bonds is 1. The molecule has 1 aromatic carbocycles. The fourth-order valence-electron chi connectivity index (χ4n) is 2.56. The van der Waals surface area contributed by atoms with Crippen molar-refractivity contribution in [3.05, 3.63) is 62.9 Å². The molecule has 1 aliphatic rings. The number of carbonyl (C=O) groups is 1. The van der Waals surface area contributed by atoms with Gasteiger partial charge in [-0.25, -0.2) is 0 Å². The molecule has 2 aromatic rings. The summed E-state index contributed by atoms with van der Waals surface area (Å²) < 4.78 is 0. The van der Waals surface area contributed by atoms with Crippen LogP contribution in [0.2, 0.25) is 0 Å². The molecule has 3 rings (SSSR count). The molecule has 0 bridgehead atoms. The molecule has 0 saturated carbocycles. The van der Waals surface area contributed by atoms with E-state index < -0.39 is 0 Å². The largest absolute Gasteiger partial charge is 0.289 e. The van der Waals surface area contributed by atoms with Gasteiger partial charge in [0, 0.05) is 16.0 Å². The van der Waals surface area contributed by atoms with E-state index in [1.807, 2.05) is 24.4 Å². The highest BCUT2D eigenvalue weighted by molar-refractivity contribution is 7.10. The molecule has 1 nitrogen and oxygen atoms in total. The van der Waals surface area contributed by atoms with Crippen LogP contribution in [0.15, 0.2) is 41.3 Å². The van der Waals surface area contributed by atoms with Crippen molar-refractivity contribution < 1.29 is 4.79 Å². The predicted molar refractivity (Wildman–Crippen MR) is 80.7 cm³/mol. The Morgan fingerprint density at radius 2 is 2.11 bits per heavy atom. The van der Waals surface area contributed by atoms with Crippen LogP contribution in [-0.4, -0.2) is 5.78 Å². The van der Waals surface area contributed by atoms with E-state index in [4.69, 9.17) is 0 Å². The van der Waals surface area contributed by atoms with Crippen LogP contribution in [0.4, 0.5) is 0 Å². The number of benzene rings is 1. The van der Waals surface area contributed by atoms with Crippen molar-refractivity contribution in [2.75, 3.05) is 0 Å². The number of hydrogen-bond donors (Lipinski definition) is 0. The molecule has 0 amide bonds. The van der Waals surface area contributed by atoms with E-state index in [1.165, 1.54) is 10.4 Å². The van der Waals surface area contributed by atoms with E-state index in [2.05, 4.69) is 24.3 Å². The maximum absolute atomic E-state index is 12.7. The Balaban J connectivity index is 2.04. The zero-order valence-electron chi connectivity index (χ0n) is 11.0. The molecule has 1 aromatic heterocycles. The molecule has 0 radical (unpaired) electrons. The van der Waals surface area contributed by atoms with Crippen LogP contribution < -0.4 is 0 Å². The number of allylic oxidation sites excluding steroid dienone is 1. The first-order valence-corrected chi connectivity index (χ1v) is 7.50. The van der Waals surface area contributed by atoms with Gasteiger partial charge in [0.15, 0.2) is 5.78 Å². The fourth-order valence-corrected chi connectivity index (χ4v) is 3.24. The highest BCUT2D eigenvalue weighted by Crippen LogP contribution is 2.27. The Morgan fingerprint density at radius 1 is 1.21 bits per heavy atom. The third-order valence-electron chi connectivity index (χ3n) is 3.55. The zero-order valence-corrected chi connectivity index (χ0v) is 11.8. The van der Waals surface area contributed by atoms with Crippen molar-refractivity contribution in [3.8, 4) is 0 Å². The molecule has 0 N–H and O–H groups in total. The first-order chi connectivity index (χ1) is 9.24. The van der Waals surface area contributed by atoms with Gasteiger partial charge in [-0.15, -0.1) is 11.3 Å². The van der Waals surface area contributed by atoms with Crippen LogP contribution >= 0.6 is 11.3 Å².